The molecule has 0 radical (unpaired) electrons. The van der Waals surface area contributed by atoms with Crippen molar-refractivity contribution in [2.45, 2.75) is 39.4 Å². The summed E-state index contributed by atoms with van der Waals surface area (Å²) in [5.74, 6) is 1.85. The lowest BCUT2D eigenvalue weighted by molar-refractivity contribution is -0.124. The van der Waals surface area contributed by atoms with Crippen molar-refractivity contribution < 1.29 is 14.3 Å². The first-order chi connectivity index (χ1) is 13.8. The summed E-state index contributed by atoms with van der Waals surface area (Å²) in [6, 6.07) is 13.6. The zero-order chi connectivity index (χ0) is 20.9. The van der Waals surface area contributed by atoms with Gasteiger partial charge in [0.2, 0.25) is 0 Å². The first-order valence-electron chi connectivity index (χ1n) is 9.59. The van der Waals surface area contributed by atoms with Gasteiger partial charge in [-0.25, -0.2) is 4.98 Å². The largest absolute Gasteiger partial charge is 0.493 e. The molecule has 0 bridgehead atoms. The molecule has 0 saturated heterocycles. The molecule has 2 aromatic carbocycles. The van der Waals surface area contributed by atoms with Gasteiger partial charge >= 0.3 is 0 Å². The van der Waals surface area contributed by atoms with Crippen LogP contribution in [0.2, 0.25) is 0 Å². The van der Waals surface area contributed by atoms with Crippen molar-refractivity contribution in [3.05, 3.63) is 53.9 Å². The average Bonchev–Trinajstić information content (AvgIpc) is 3.08. The fraction of sp³-hybridized carbons (Fsp3) is 0.364. The van der Waals surface area contributed by atoms with E-state index in [1.54, 1.807) is 7.11 Å². The van der Waals surface area contributed by atoms with Crippen molar-refractivity contribution in [3.8, 4) is 11.5 Å². The standard InChI is InChI=1S/C22H28N4O3/c1-22(2,3)26-21(27)14-29-18-10-9-15(11-19(18)28-4)12-23-13-20-24-16-7-5-6-8-17(16)25-20/h5-11,23H,12-14H2,1-4H3,(H,24,25)(H,26,27). The van der Waals surface area contributed by atoms with Gasteiger partial charge in [-0.1, -0.05) is 18.2 Å². The topological polar surface area (TPSA) is 88.3 Å². The van der Waals surface area contributed by atoms with Gasteiger partial charge in [-0.05, 0) is 50.6 Å². The van der Waals surface area contributed by atoms with E-state index < -0.39 is 0 Å². The molecular weight excluding hydrogens is 368 g/mol. The normalized spacial score (nSPS) is 11.4. The molecule has 1 heterocycles. The van der Waals surface area contributed by atoms with Crippen LogP contribution in [0.1, 0.15) is 32.2 Å². The summed E-state index contributed by atoms with van der Waals surface area (Å²) >= 11 is 0. The highest BCUT2D eigenvalue weighted by Crippen LogP contribution is 2.28. The van der Waals surface area contributed by atoms with Crippen LogP contribution in [-0.4, -0.2) is 35.1 Å². The third-order valence-electron chi connectivity index (χ3n) is 4.16. The van der Waals surface area contributed by atoms with Crippen LogP contribution in [-0.2, 0) is 17.9 Å². The van der Waals surface area contributed by atoms with Gasteiger partial charge in [-0.2, -0.15) is 0 Å². The number of hydrogen-bond donors (Lipinski definition) is 3. The maximum atomic E-state index is 11.9. The van der Waals surface area contributed by atoms with Crippen LogP contribution in [0.25, 0.3) is 11.0 Å². The summed E-state index contributed by atoms with van der Waals surface area (Å²) in [4.78, 5) is 19.8. The quantitative estimate of drug-likeness (QED) is 0.544. The van der Waals surface area contributed by atoms with Gasteiger partial charge in [0, 0.05) is 12.1 Å². The van der Waals surface area contributed by atoms with Crippen molar-refractivity contribution in [1.82, 2.24) is 20.6 Å². The van der Waals surface area contributed by atoms with Crippen LogP contribution in [0.15, 0.2) is 42.5 Å². The van der Waals surface area contributed by atoms with E-state index in [1.165, 1.54) is 0 Å². The molecule has 0 spiro atoms. The second-order valence-corrected chi connectivity index (χ2v) is 7.88. The lowest BCUT2D eigenvalue weighted by atomic mass is 10.1. The van der Waals surface area contributed by atoms with Crippen LogP contribution in [0, 0.1) is 0 Å². The van der Waals surface area contributed by atoms with E-state index in [-0.39, 0.29) is 18.1 Å². The molecule has 7 nitrogen and oxygen atoms in total. The molecule has 0 aliphatic rings. The number of carbonyl (C=O) groups is 1. The van der Waals surface area contributed by atoms with Crippen LogP contribution < -0.4 is 20.1 Å². The van der Waals surface area contributed by atoms with E-state index in [0.29, 0.717) is 24.6 Å². The number of carbonyl (C=O) groups excluding carboxylic acids is 1. The Labute approximate surface area is 170 Å². The third kappa shape index (κ3) is 5.96. The molecular formula is C22H28N4O3. The van der Waals surface area contributed by atoms with E-state index in [1.807, 2.05) is 63.2 Å². The first kappa shape index (κ1) is 20.7. The number of H-pyrrole nitrogens is 1. The summed E-state index contributed by atoms with van der Waals surface area (Å²) in [6.07, 6.45) is 0. The second-order valence-electron chi connectivity index (χ2n) is 7.88. The van der Waals surface area contributed by atoms with Gasteiger partial charge in [0.25, 0.3) is 5.91 Å². The van der Waals surface area contributed by atoms with Crippen LogP contribution in [0.4, 0.5) is 0 Å². The minimum absolute atomic E-state index is 0.0583. The Hall–Kier alpha value is -3.06. The monoisotopic (exact) mass is 396 g/mol. The summed E-state index contributed by atoms with van der Waals surface area (Å²) in [5, 5.41) is 6.24. The molecule has 7 heteroatoms. The fourth-order valence-corrected chi connectivity index (χ4v) is 2.95. The lowest BCUT2D eigenvalue weighted by Crippen LogP contribution is -2.43. The molecule has 3 N–H and O–H groups in total. The number of para-hydroxylation sites is 2. The predicted molar refractivity (Wildman–Crippen MR) is 113 cm³/mol. The van der Waals surface area contributed by atoms with Crippen LogP contribution >= 0.6 is 0 Å². The Bertz CT molecular complexity index is 943. The van der Waals surface area contributed by atoms with Crippen LogP contribution in [0.5, 0.6) is 11.5 Å². The zero-order valence-electron chi connectivity index (χ0n) is 17.3. The van der Waals surface area contributed by atoms with Crippen molar-refractivity contribution in [2.24, 2.45) is 0 Å². The SMILES string of the molecule is COc1cc(CNCc2nc3ccccc3[nH]2)ccc1OCC(=O)NC(C)(C)C. The molecule has 0 aliphatic heterocycles. The van der Waals surface area contributed by atoms with Gasteiger partial charge in [0.15, 0.2) is 18.1 Å². The molecule has 3 aromatic rings. The highest BCUT2D eigenvalue weighted by Gasteiger charge is 2.15. The second kappa shape index (κ2) is 8.96. The Morgan fingerprint density at radius 1 is 1.10 bits per heavy atom. The minimum Gasteiger partial charge on any atom is -0.493 e. The summed E-state index contributed by atoms with van der Waals surface area (Å²) in [5.41, 5.74) is 2.75. The number of nitrogens with zero attached hydrogens (tertiary/aromatic N) is 1. The van der Waals surface area contributed by atoms with Crippen molar-refractivity contribution in [1.29, 1.82) is 0 Å². The van der Waals surface area contributed by atoms with Crippen molar-refractivity contribution in [2.75, 3.05) is 13.7 Å². The predicted octanol–water partition coefficient (Wildman–Crippen LogP) is 3.15. The number of aromatic amines is 1. The number of aromatic nitrogens is 2. The van der Waals surface area contributed by atoms with Gasteiger partial charge in [0.05, 0.1) is 24.7 Å². The third-order valence-corrected chi connectivity index (χ3v) is 4.16. The molecule has 1 amide bonds. The van der Waals surface area contributed by atoms with E-state index in [4.69, 9.17) is 9.47 Å². The summed E-state index contributed by atoms with van der Waals surface area (Å²) < 4.78 is 11.0. The number of benzene rings is 2. The summed E-state index contributed by atoms with van der Waals surface area (Å²) in [7, 11) is 1.59. The first-order valence-corrected chi connectivity index (χ1v) is 9.59. The molecule has 1 aromatic heterocycles. The number of fused-ring (bicyclic) bond motifs is 1. The number of hydrogen-bond acceptors (Lipinski definition) is 5. The Morgan fingerprint density at radius 3 is 2.62 bits per heavy atom. The van der Waals surface area contributed by atoms with Gasteiger partial charge in [0.1, 0.15) is 5.82 Å². The number of methoxy groups -OCH3 is 1. The molecule has 154 valence electrons. The number of nitrogens with one attached hydrogen (secondary N) is 3. The average molecular weight is 396 g/mol. The minimum atomic E-state index is -0.292. The van der Waals surface area contributed by atoms with Crippen molar-refractivity contribution >= 4 is 16.9 Å². The molecule has 0 aliphatic carbocycles. The molecule has 3 rings (SSSR count). The number of rotatable bonds is 8. The maximum Gasteiger partial charge on any atom is 0.258 e. The Balaban J connectivity index is 1.54. The highest BCUT2D eigenvalue weighted by molar-refractivity contribution is 5.78. The molecule has 0 fully saturated rings. The van der Waals surface area contributed by atoms with Crippen molar-refractivity contribution in [3.63, 3.8) is 0 Å². The zero-order valence-corrected chi connectivity index (χ0v) is 17.3. The fourth-order valence-electron chi connectivity index (χ4n) is 2.95. The smallest absolute Gasteiger partial charge is 0.258 e. The number of ether oxygens (including phenoxy) is 2. The molecule has 0 unspecified atom stereocenters. The van der Waals surface area contributed by atoms with Gasteiger partial charge < -0.3 is 25.1 Å². The highest BCUT2D eigenvalue weighted by atomic mass is 16.5. The Kier molecular flexibility index (Phi) is 6.39. The van der Waals surface area contributed by atoms with Gasteiger partial charge in [-0.3, -0.25) is 4.79 Å². The number of amides is 1. The number of imidazole rings is 1. The molecule has 29 heavy (non-hydrogen) atoms. The molecule has 0 saturated carbocycles. The maximum absolute atomic E-state index is 11.9. The van der Waals surface area contributed by atoms with E-state index >= 15 is 0 Å². The molecule has 0 atom stereocenters. The summed E-state index contributed by atoms with van der Waals surface area (Å²) in [6.45, 7) is 7.01. The van der Waals surface area contributed by atoms with E-state index in [2.05, 4.69) is 20.6 Å². The Morgan fingerprint density at radius 2 is 1.90 bits per heavy atom. The van der Waals surface area contributed by atoms with E-state index in [9.17, 15) is 4.79 Å². The lowest BCUT2D eigenvalue weighted by Gasteiger charge is -2.20. The van der Waals surface area contributed by atoms with Gasteiger partial charge in [-0.15, -0.1) is 0 Å². The van der Waals surface area contributed by atoms with E-state index in [0.717, 1.165) is 22.4 Å². The van der Waals surface area contributed by atoms with Crippen LogP contribution in [0.3, 0.4) is 0 Å².